The molecule has 0 aromatic carbocycles. The van der Waals surface area contributed by atoms with E-state index in [9.17, 15) is 0 Å². The smallest absolute Gasteiger partial charge is 0.0125 e. The summed E-state index contributed by atoms with van der Waals surface area (Å²) in [7, 11) is 0. The van der Waals surface area contributed by atoms with Gasteiger partial charge in [-0.2, -0.15) is 0 Å². The molecule has 0 atom stereocenters. The third kappa shape index (κ3) is 10.2. The van der Waals surface area contributed by atoms with Gasteiger partial charge in [-0.05, 0) is 19.8 Å². The Labute approximate surface area is 96.8 Å². The molecule has 0 bridgehead atoms. The summed E-state index contributed by atoms with van der Waals surface area (Å²) in [5.74, 6) is 0. The lowest BCUT2D eigenvalue weighted by atomic mass is 9.89. The van der Waals surface area contributed by atoms with Crippen molar-refractivity contribution >= 4 is 0 Å². The molecular formula is C14H31N. The fourth-order valence-corrected chi connectivity index (χ4v) is 2.04. The van der Waals surface area contributed by atoms with Crippen LogP contribution in [0.2, 0.25) is 0 Å². The second-order valence-corrected chi connectivity index (χ2v) is 5.28. The van der Waals surface area contributed by atoms with Gasteiger partial charge in [0, 0.05) is 5.54 Å². The second-order valence-electron chi connectivity index (χ2n) is 5.28. The zero-order valence-corrected chi connectivity index (χ0v) is 11.1. The molecule has 0 saturated carbocycles. The Hall–Kier alpha value is -0.0400. The predicted molar refractivity (Wildman–Crippen MR) is 70.1 cm³/mol. The Morgan fingerprint density at radius 2 is 1.13 bits per heavy atom. The molecular weight excluding hydrogens is 182 g/mol. The Kier molecular flexibility index (Phi) is 9.18. The molecule has 0 aliphatic carbocycles. The van der Waals surface area contributed by atoms with E-state index in [1.165, 1.54) is 64.2 Å². The van der Waals surface area contributed by atoms with Crippen molar-refractivity contribution < 1.29 is 0 Å². The number of hydrogen-bond donors (Lipinski definition) is 1. The van der Waals surface area contributed by atoms with Crippen molar-refractivity contribution in [2.75, 3.05) is 0 Å². The molecule has 0 unspecified atom stereocenters. The highest BCUT2D eigenvalue weighted by Crippen LogP contribution is 2.19. The van der Waals surface area contributed by atoms with Crippen molar-refractivity contribution in [2.24, 2.45) is 5.73 Å². The summed E-state index contributed by atoms with van der Waals surface area (Å²) >= 11 is 0. The zero-order valence-electron chi connectivity index (χ0n) is 11.1. The van der Waals surface area contributed by atoms with E-state index < -0.39 is 0 Å². The molecule has 0 aromatic heterocycles. The number of rotatable bonds is 10. The standard InChI is InChI=1S/C14H31N/c1-4-6-8-10-12-14(3,15)13-11-9-7-5-2/h4-13,15H2,1-3H3. The van der Waals surface area contributed by atoms with E-state index in [0.29, 0.717) is 0 Å². The summed E-state index contributed by atoms with van der Waals surface area (Å²) in [6, 6.07) is 0. The van der Waals surface area contributed by atoms with Crippen LogP contribution in [0.15, 0.2) is 0 Å². The molecule has 0 aliphatic rings. The van der Waals surface area contributed by atoms with Crippen LogP contribution in [0, 0.1) is 0 Å². The van der Waals surface area contributed by atoms with Crippen LogP contribution < -0.4 is 5.73 Å². The number of unbranched alkanes of at least 4 members (excludes halogenated alkanes) is 6. The maximum absolute atomic E-state index is 6.28. The van der Waals surface area contributed by atoms with Gasteiger partial charge in [-0.3, -0.25) is 0 Å². The van der Waals surface area contributed by atoms with Crippen LogP contribution in [0.5, 0.6) is 0 Å². The highest BCUT2D eigenvalue weighted by Gasteiger charge is 2.16. The summed E-state index contributed by atoms with van der Waals surface area (Å²) in [5, 5.41) is 0. The predicted octanol–water partition coefficient (Wildman–Crippen LogP) is 4.64. The quantitative estimate of drug-likeness (QED) is 0.525. The number of nitrogens with two attached hydrogens (primary N) is 1. The van der Waals surface area contributed by atoms with E-state index in [1.54, 1.807) is 0 Å². The fraction of sp³-hybridized carbons (Fsp3) is 1.00. The van der Waals surface area contributed by atoms with E-state index in [-0.39, 0.29) is 5.54 Å². The Morgan fingerprint density at radius 3 is 1.47 bits per heavy atom. The average molecular weight is 213 g/mol. The molecule has 0 radical (unpaired) electrons. The largest absolute Gasteiger partial charge is 0.325 e. The SMILES string of the molecule is CCCCCCC(C)(N)CCCCCC. The van der Waals surface area contributed by atoms with Crippen LogP contribution in [0.1, 0.15) is 85.0 Å². The van der Waals surface area contributed by atoms with E-state index in [2.05, 4.69) is 20.8 Å². The summed E-state index contributed by atoms with van der Waals surface area (Å²) in [6.45, 7) is 6.74. The van der Waals surface area contributed by atoms with Gasteiger partial charge in [0.05, 0.1) is 0 Å². The monoisotopic (exact) mass is 213 g/mol. The van der Waals surface area contributed by atoms with Gasteiger partial charge in [0.15, 0.2) is 0 Å². The van der Waals surface area contributed by atoms with E-state index in [4.69, 9.17) is 5.73 Å². The zero-order chi connectivity index (χ0) is 11.6. The van der Waals surface area contributed by atoms with E-state index in [0.717, 1.165) is 0 Å². The van der Waals surface area contributed by atoms with Gasteiger partial charge in [0.2, 0.25) is 0 Å². The molecule has 15 heavy (non-hydrogen) atoms. The molecule has 0 spiro atoms. The highest BCUT2D eigenvalue weighted by molar-refractivity contribution is 4.78. The lowest BCUT2D eigenvalue weighted by molar-refractivity contribution is 0.366. The first-order valence-corrected chi connectivity index (χ1v) is 6.91. The Morgan fingerprint density at radius 1 is 0.733 bits per heavy atom. The van der Waals surface area contributed by atoms with Crippen LogP contribution in [-0.4, -0.2) is 5.54 Å². The first-order valence-electron chi connectivity index (χ1n) is 6.91. The van der Waals surface area contributed by atoms with Gasteiger partial charge in [-0.25, -0.2) is 0 Å². The molecule has 0 amide bonds. The van der Waals surface area contributed by atoms with Crippen LogP contribution in [-0.2, 0) is 0 Å². The molecule has 92 valence electrons. The van der Waals surface area contributed by atoms with Crippen LogP contribution in [0.25, 0.3) is 0 Å². The molecule has 0 rings (SSSR count). The Bertz CT molecular complexity index is 115. The maximum Gasteiger partial charge on any atom is 0.0125 e. The lowest BCUT2D eigenvalue weighted by Crippen LogP contribution is -2.35. The van der Waals surface area contributed by atoms with Gasteiger partial charge in [-0.1, -0.05) is 65.2 Å². The van der Waals surface area contributed by atoms with Crippen LogP contribution >= 0.6 is 0 Å². The molecule has 1 heteroatoms. The summed E-state index contributed by atoms with van der Waals surface area (Å²) < 4.78 is 0. The third-order valence-electron chi connectivity index (χ3n) is 3.20. The molecule has 0 aliphatic heterocycles. The van der Waals surface area contributed by atoms with Crippen molar-refractivity contribution in [2.45, 2.75) is 90.5 Å². The minimum Gasteiger partial charge on any atom is -0.325 e. The molecule has 1 nitrogen and oxygen atoms in total. The van der Waals surface area contributed by atoms with Gasteiger partial charge in [0.25, 0.3) is 0 Å². The summed E-state index contributed by atoms with van der Waals surface area (Å²) in [5.41, 5.74) is 6.38. The van der Waals surface area contributed by atoms with Crippen LogP contribution in [0.3, 0.4) is 0 Å². The highest BCUT2D eigenvalue weighted by atomic mass is 14.7. The average Bonchev–Trinajstić information content (AvgIpc) is 2.20. The lowest BCUT2D eigenvalue weighted by Gasteiger charge is -2.24. The van der Waals surface area contributed by atoms with Crippen molar-refractivity contribution in [1.82, 2.24) is 0 Å². The molecule has 0 saturated heterocycles. The third-order valence-corrected chi connectivity index (χ3v) is 3.20. The van der Waals surface area contributed by atoms with E-state index in [1.807, 2.05) is 0 Å². The molecule has 0 fully saturated rings. The first-order chi connectivity index (χ1) is 7.12. The maximum atomic E-state index is 6.28. The molecule has 0 heterocycles. The van der Waals surface area contributed by atoms with E-state index >= 15 is 0 Å². The van der Waals surface area contributed by atoms with Crippen molar-refractivity contribution in [3.63, 3.8) is 0 Å². The molecule has 2 N–H and O–H groups in total. The van der Waals surface area contributed by atoms with Crippen molar-refractivity contribution in [1.29, 1.82) is 0 Å². The second kappa shape index (κ2) is 9.21. The normalized spacial score (nSPS) is 12.0. The molecule has 0 aromatic rings. The summed E-state index contributed by atoms with van der Waals surface area (Å²) in [6.07, 6.45) is 13.1. The van der Waals surface area contributed by atoms with Gasteiger partial charge in [0.1, 0.15) is 0 Å². The minimum absolute atomic E-state index is 0.0987. The van der Waals surface area contributed by atoms with Crippen LogP contribution in [0.4, 0.5) is 0 Å². The van der Waals surface area contributed by atoms with Gasteiger partial charge in [-0.15, -0.1) is 0 Å². The topological polar surface area (TPSA) is 26.0 Å². The fourth-order valence-electron chi connectivity index (χ4n) is 2.04. The summed E-state index contributed by atoms with van der Waals surface area (Å²) in [4.78, 5) is 0. The Balaban J connectivity index is 3.40. The minimum atomic E-state index is 0.0987. The van der Waals surface area contributed by atoms with Crippen molar-refractivity contribution in [3.05, 3.63) is 0 Å². The van der Waals surface area contributed by atoms with Gasteiger partial charge >= 0.3 is 0 Å². The van der Waals surface area contributed by atoms with Crippen molar-refractivity contribution in [3.8, 4) is 0 Å². The van der Waals surface area contributed by atoms with Gasteiger partial charge < -0.3 is 5.73 Å². The number of hydrogen-bond acceptors (Lipinski definition) is 1. The first kappa shape index (κ1) is 15.0.